The maximum Gasteiger partial charge on any atom is 2.00 e. The van der Waals surface area contributed by atoms with Crippen molar-refractivity contribution in [2.45, 2.75) is 0 Å². The molecule has 0 amide bonds. The third kappa shape index (κ3) is 21.6. The van der Waals surface area contributed by atoms with Gasteiger partial charge in [-0.2, -0.15) is 0 Å². The normalized spacial score (nSPS) is 0. The van der Waals surface area contributed by atoms with Crippen molar-refractivity contribution in [3.63, 3.8) is 0 Å². The fourth-order valence-corrected chi connectivity index (χ4v) is 0. The van der Waals surface area contributed by atoms with E-state index in [1.165, 1.54) is 0 Å². The van der Waals surface area contributed by atoms with E-state index in [1.54, 1.807) is 0 Å². The minimum Gasteiger partial charge on any atom is -1.00 e. The molecule has 5 heteroatoms. The Morgan fingerprint density at radius 2 is 0.800 bits per heavy atom. The first-order valence-electron chi connectivity index (χ1n) is 0. The summed E-state index contributed by atoms with van der Waals surface area (Å²) >= 11 is 0. The number of hydrogen-bond acceptors (Lipinski definition) is 0. The van der Waals surface area contributed by atoms with Gasteiger partial charge in [0.25, 0.3) is 0 Å². The van der Waals surface area contributed by atoms with Gasteiger partial charge in [0.05, 0.1) is 0 Å². The van der Waals surface area contributed by atoms with Crippen molar-refractivity contribution in [3.8, 4) is 0 Å². The van der Waals surface area contributed by atoms with Crippen molar-refractivity contribution in [2.24, 2.45) is 0 Å². The molecule has 0 aromatic heterocycles. The first-order valence-corrected chi connectivity index (χ1v) is 0. The van der Waals surface area contributed by atoms with E-state index in [1.807, 2.05) is 0 Å². The van der Waals surface area contributed by atoms with Gasteiger partial charge in [0.2, 0.25) is 0 Å². The smallest absolute Gasteiger partial charge is 1.00 e. The van der Waals surface area contributed by atoms with Crippen LogP contribution in [0.15, 0.2) is 0 Å². The fraction of sp³-hybridized carbons (Fsp3) is 0. The maximum atomic E-state index is 0. The van der Waals surface area contributed by atoms with E-state index in [-0.39, 0.29) is 82.0 Å². The van der Waals surface area contributed by atoms with Gasteiger partial charge in [-0.3, -0.25) is 0 Å². The molecule has 0 aliphatic heterocycles. The summed E-state index contributed by atoms with van der Waals surface area (Å²) in [6.07, 6.45) is 0. The Balaban J connectivity index is 0. The molecule has 0 aliphatic carbocycles. The third-order valence-corrected chi connectivity index (χ3v) is 0. The second-order valence-corrected chi connectivity index (χ2v) is 0. The fourth-order valence-electron chi connectivity index (χ4n) is 0. The van der Waals surface area contributed by atoms with Gasteiger partial charge in [-0.15, -0.1) is 0 Å². The molecule has 0 bridgehead atoms. The first kappa shape index (κ1) is 52.9. The van der Waals surface area contributed by atoms with Gasteiger partial charge in [-0.1, -0.05) is 0 Å². The van der Waals surface area contributed by atoms with Crippen LogP contribution in [0.1, 0.15) is 0 Å². The van der Waals surface area contributed by atoms with Gasteiger partial charge in [0.1, 0.15) is 0 Å². The van der Waals surface area contributed by atoms with Crippen LogP contribution in [-0.4, -0.2) is 23.1 Å². The summed E-state index contributed by atoms with van der Waals surface area (Å²) in [5.41, 5.74) is 0. The Hall–Kier alpha value is 2.39. The van der Waals surface area contributed by atoms with Crippen molar-refractivity contribution < 1.29 is 59.0 Å². The minimum atomic E-state index is 0. The SMILES string of the molecule is [Cl-].[Cl-].[Fe].[Mg+2].[Mn]. The summed E-state index contributed by atoms with van der Waals surface area (Å²) < 4.78 is 0. The first-order chi connectivity index (χ1) is 0. The van der Waals surface area contributed by atoms with Gasteiger partial charge >= 0.3 is 23.1 Å². The molecule has 0 heterocycles. The Morgan fingerprint density at radius 3 is 0.800 bits per heavy atom. The summed E-state index contributed by atoms with van der Waals surface area (Å²) in [5.74, 6) is 0. The summed E-state index contributed by atoms with van der Waals surface area (Å²) in [5, 5.41) is 0. The molecule has 1 radical (unpaired) electrons. The molecule has 0 unspecified atom stereocenters. The van der Waals surface area contributed by atoms with Crippen LogP contribution in [0.5, 0.6) is 0 Å². The molecular formula is Cl2FeMgMn. The zero-order valence-electron chi connectivity index (χ0n) is 2.19. The second-order valence-electron chi connectivity index (χ2n) is 0. The molecular weight excluding hydrogens is 206 g/mol. The average Bonchev–Trinajstić information content (AvgIpc) is 0. The third-order valence-electron chi connectivity index (χ3n) is 0. The van der Waals surface area contributed by atoms with E-state index in [2.05, 4.69) is 0 Å². The van der Waals surface area contributed by atoms with Crippen LogP contribution in [0, 0.1) is 0 Å². The van der Waals surface area contributed by atoms with Crippen LogP contribution in [0.25, 0.3) is 0 Å². The number of halogens is 2. The summed E-state index contributed by atoms with van der Waals surface area (Å²) in [6, 6.07) is 0. The zero-order valence-corrected chi connectivity index (χ0v) is 7.41. The van der Waals surface area contributed by atoms with Crippen molar-refractivity contribution in [2.75, 3.05) is 0 Å². The predicted molar refractivity (Wildman–Crippen MR) is 5.75 cm³/mol. The molecule has 0 fully saturated rings. The molecule has 0 N–H and O–H groups in total. The van der Waals surface area contributed by atoms with E-state index >= 15 is 0 Å². The second kappa shape index (κ2) is 32.5. The standard InChI is InChI=1S/2ClH.Fe.Mg.Mn/h2*1H;;;/q;;;+2;/p-2. The molecule has 0 aromatic rings. The van der Waals surface area contributed by atoms with Crippen molar-refractivity contribution >= 4 is 23.1 Å². The average molecular weight is 206 g/mol. The molecule has 0 rings (SSSR count). The Kier molecular flexibility index (Phi) is 345. The topological polar surface area (TPSA) is 0 Å². The molecule has 0 spiro atoms. The molecule has 0 atom stereocenters. The monoisotopic (exact) mass is 205 g/mol. The van der Waals surface area contributed by atoms with Crippen LogP contribution in [0.3, 0.4) is 0 Å². The van der Waals surface area contributed by atoms with Crippen LogP contribution >= 0.6 is 0 Å². The predicted octanol–water partition coefficient (Wildman–Crippen LogP) is -6.38. The van der Waals surface area contributed by atoms with E-state index < -0.39 is 0 Å². The zero-order chi connectivity index (χ0) is 0. The summed E-state index contributed by atoms with van der Waals surface area (Å²) in [6.45, 7) is 0. The van der Waals surface area contributed by atoms with E-state index in [0.29, 0.717) is 0 Å². The molecule has 0 aliphatic rings. The minimum absolute atomic E-state index is 0. The molecule has 5 heavy (non-hydrogen) atoms. The van der Waals surface area contributed by atoms with Gasteiger partial charge in [-0.05, 0) is 0 Å². The van der Waals surface area contributed by atoms with Crippen molar-refractivity contribution in [1.29, 1.82) is 0 Å². The van der Waals surface area contributed by atoms with Gasteiger partial charge < -0.3 is 24.8 Å². The van der Waals surface area contributed by atoms with Gasteiger partial charge in [0, 0.05) is 34.1 Å². The number of rotatable bonds is 0. The number of hydrogen-bond donors (Lipinski definition) is 0. The molecule has 0 nitrogen and oxygen atoms in total. The quantitative estimate of drug-likeness (QED) is 0.346. The summed E-state index contributed by atoms with van der Waals surface area (Å²) in [4.78, 5) is 0. The Bertz CT molecular complexity index is 9.61. The summed E-state index contributed by atoms with van der Waals surface area (Å²) in [7, 11) is 0. The molecule has 0 saturated carbocycles. The van der Waals surface area contributed by atoms with E-state index in [0.717, 1.165) is 0 Å². The molecule has 0 saturated heterocycles. The maximum absolute atomic E-state index is 0. The Labute approximate surface area is 81.1 Å². The van der Waals surface area contributed by atoms with Crippen LogP contribution in [-0.2, 0) is 34.1 Å². The molecule has 0 aromatic carbocycles. The van der Waals surface area contributed by atoms with Gasteiger partial charge in [0.15, 0.2) is 0 Å². The van der Waals surface area contributed by atoms with Gasteiger partial charge in [-0.25, -0.2) is 0 Å². The van der Waals surface area contributed by atoms with Crippen LogP contribution < -0.4 is 24.8 Å². The largest absolute Gasteiger partial charge is 2.00 e. The van der Waals surface area contributed by atoms with E-state index in [9.17, 15) is 0 Å². The Morgan fingerprint density at radius 1 is 0.800 bits per heavy atom. The van der Waals surface area contributed by atoms with Crippen molar-refractivity contribution in [1.82, 2.24) is 0 Å². The van der Waals surface area contributed by atoms with Crippen molar-refractivity contribution in [3.05, 3.63) is 0 Å². The molecule has 31 valence electrons. The van der Waals surface area contributed by atoms with Crippen LogP contribution in [0.4, 0.5) is 0 Å². The van der Waals surface area contributed by atoms with E-state index in [4.69, 9.17) is 0 Å². The van der Waals surface area contributed by atoms with Crippen LogP contribution in [0.2, 0.25) is 0 Å².